The summed E-state index contributed by atoms with van der Waals surface area (Å²) >= 11 is 0. The lowest BCUT2D eigenvalue weighted by Gasteiger charge is -2.16. The summed E-state index contributed by atoms with van der Waals surface area (Å²) in [4.78, 5) is 49.9. The molecule has 0 bridgehead atoms. The first-order valence-corrected chi connectivity index (χ1v) is 8.84. The minimum Gasteiger partial charge on any atom is -0.495 e. The number of methoxy groups -OCH3 is 2. The molecular formula is C19H21NO8. The molecule has 2 heterocycles. The second-order valence-electron chi connectivity index (χ2n) is 6.48. The smallest absolute Gasteiger partial charge is 0.326 e. The number of rotatable bonds is 6. The minimum absolute atomic E-state index is 0.0884. The van der Waals surface area contributed by atoms with Gasteiger partial charge in [0.1, 0.15) is 24.1 Å². The van der Waals surface area contributed by atoms with Gasteiger partial charge >= 0.3 is 11.9 Å². The van der Waals surface area contributed by atoms with Crippen molar-refractivity contribution in [2.75, 3.05) is 27.4 Å². The van der Waals surface area contributed by atoms with Gasteiger partial charge in [-0.1, -0.05) is 0 Å². The lowest BCUT2D eigenvalue weighted by atomic mass is 9.96. The summed E-state index contributed by atoms with van der Waals surface area (Å²) in [5.74, 6) is -2.29. The summed E-state index contributed by atoms with van der Waals surface area (Å²) in [6.07, 6.45) is -0.179. The van der Waals surface area contributed by atoms with Crippen LogP contribution in [0.25, 0.3) is 0 Å². The lowest BCUT2D eigenvalue weighted by Crippen LogP contribution is -2.35. The van der Waals surface area contributed by atoms with Gasteiger partial charge in [0.15, 0.2) is 0 Å². The van der Waals surface area contributed by atoms with E-state index in [0.717, 1.165) is 4.90 Å². The summed E-state index contributed by atoms with van der Waals surface area (Å²) in [6.45, 7) is 2.99. The SMILES string of the molecule is CCOC(=O)CN1C(=O)c2cc3c(c(OC)c2C1=O)C[C@@H]([C@@H](C)C(=O)OC)O3. The van der Waals surface area contributed by atoms with Crippen molar-refractivity contribution in [3.63, 3.8) is 0 Å². The van der Waals surface area contributed by atoms with Crippen molar-refractivity contribution in [1.82, 2.24) is 4.90 Å². The Morgan fingerprint density at radius 3 is 2.61 bits per heavy atom. The predicted octanol–water partition coefficient (Wildman–Crippen LogP) is 0.967. The molecule has 0 radical (unpaired) electrons. The van der Waals surface area contributed by atoms with Gasteiger partial charge in [0, 0.05) is 12.0 Å². The van der Waals surface area contributed by atoms with E-state index in [0.29, 0.717) is 17.7 Å². The topological polar surface area (TPSA) is 108 Å². The first-order chi connectivity index (χ1) is 13.3. The van der Waals surface area contributed by atoms with E-state index in [1.807, 2.05) is 0 Å². The molecule has 0 N–H and O–H groups in total. The molecule has 150 valence electrons. The van der Waals surface area contributed by atoms with Crippen molar-refractivity contribution in [2.24, 2.45) is 5.92 Å². The number of ether oxygens (including phenoxy) is 4. The first-order valence-electron chi connectivity index (χ1n) is 8.84. The quantitative estimate of drug-likeness (QED) is 0.521. The third kappa shape index (κ3) is 3.06. The average molecular weight is 391 g/mol. The molecule has 2 aliphatic heterocycles. The van der Waals surface area contributed by atoms with Gasteiger partial charge in [-0.2, -0.15) is 0 Å². The Hall–Kier alpha value is -3.10. The van der Waals surface area contributed by atoms with Gasteiger partial charge in [-0.15, -0.1) is 0 Å². The molecule has 28 heavy (non-hydrogen) atoms. The van der Waals surface area contributed by atoms with E-state index in [2.05, 4.69) is 0 Å². The molecule has 0 spiro atoms. The van der Waals surface area contributed by atoms with Crippen LogP contribution in [-0.4, -0.2) is 62.1 Å². The van der Waals surface area contributed by atoms with Gasteiger partial charge in [0.2, 0.25) is 0 Å². The second-order valence-corrected chi connectivity index (χ2v) is 6.48. The normalized spacial score (nSPS) is 18.3. The van der Waals surface area contributed by atoms with Crippen LogP contribution < -0.4 is 9.47 Å². The van der Waals surface area contributed by atoms with Crippen LogP contribution in [0.5, 0.6) is 11.5 Å². The number of hydrogen-bond donors (Lipinski definition) is 0. The molecule has 1 aromatic carbocycles. The van der Waals surface area contributed by atoms with Gasteiger partial charge in [-0.25, -0.2) is 0 Å². The molecule has 2 aliphatic rings. The highest BCUT2D eigenvalue weighted by Gasteiger charge is 2.44. The number of nitrogens with zero attached hydrogens (tertiary/aromatic N) is 1. The zero-order chi connectivity index (χ0) is 20.6. The number of carbonyl (C=O) groups excluding carboxylic acids is 4. The molecular weight excluding hydrogens is 370 g/mol. The Labute approximate surface area is 161 Å². The Bertz CT molecular complexity index is 862. The summed E-state index contributed by atoms with van der Waals surface area (Å²) in [5, 5.41) is 0. The van der Waals surface area contributed by atoms with E-state index in [9.17, 15) is 19.2 Å². The summed E-state index contributed by atoms with van der Waals surface area (Å²) < 4.78 is 20.8. The van der Waals surface area contributed by atoms with Gasteiger partial charge in [0.05, 0.1) is 37.9 Å². The number of esters is 2. The summed E-state index contributed by atoms with van der Waals surface area (Å²) in [5.41, 5.74) is 0.780. The van der Waals surface area contributed by atoms with E-state index in [1.165, 1.54) is 20.3 Å². The zero-order valence-electron chi connectivity index (χ0n) is 16.1. The highest BCUT2D eigenvalue weighted by atomic mass is 16.5. The van der Waals surface area contributed by atoms with Crippen LogP contribution in [0, 0.1) is 5.92 Å². The fourth-order valence-corrected chi connectivity index (χ4v) is 3.45. The molecule has 0 aromatic heterocycles. The van der Waals surface area contributed by atoms with Gasteiger partial charge in [0.25, 0.3) is 11.8 Å². The van der Waals surface area contributed by atoms with Crippen LogP contribution in [-0.2, 0) is 25.5 Å². The zero-order valence-corrected chi connectivity index (χ0v) is 16.1. The van der Waals surface area contributed by atoms with Crippen LogP contribution in [0.2, 0.25) is 0 Å². The van der Waals surface area contributed by atoms with Crippen LogP contribution in [0.15, 0.2) is 6.07 Å². The van der Waals surface area contributed by atoms with Crippen molar-refractivity contribution in [3.8, 4) is 11.5 Å². The van der Waals surface area contributed by atoms with E-state index in [4.69, 9.17) is 18.9 Å². The number of fused-ring (bicyclic) bond motifs is 2. The third-order valence-corrected chi connectivity index (χ3v) is 4.89. The molecule has 0 saturated heterocycles. The van der Waals surface area contributed by atoms with E-state index in [1.54, 1.807) is 13.8 Å². The van der Waals surface area contributed by atoms with Crippen molar-refractivity contribution in [2.45, 2.75) is 26.4 Å². The maximum absolute atomic E-state index is 12.8. The van der Waals surface area contributed by atoms with Crippen LogP contribution >= 0.6 is 0 Å². The molecule has 1 aromatic rings. The van der Waals surface area contributed by atoms with Crippen molar-refractivity contribution in [1.29, 1.82) is 0 Å². The summed E-state index contributed by atoms with van der Waals surface area (Å²) in [6, 6.07) is 1.46. The number of imide groups is 1. The monoisotopic (exact) mass is 391 g/mol. The molecule has 3 rings (SSSR count). The Balaban J connectivity index is 1.95. The first kappa shape index (κ1) is 19.7. The van der Waals surface area contributed by atoms with E-state index >= 15 is 0 Å². The molecule has 0 unspecified atom stereocenters. The number of hydrogen-bond acceptors (Lipinski definition) is 8. The number of carbonyl (C=O) groups is 4. The standard InChI is InChI=1S/C19H21NO8/c1-5-27-14(21)8-20-17(22)11-7-13-10(16(25-3)15(11)18(20)23)6-12(28-13)9(2)19(24)26-4/h7,9,12H,5-6,8H2,1-4H3/t9-,12+/m1/s1. The van der Waals surface area contributed by atoms with Gasteiger partial charge < -0.3 is 18.9 Å². The third-order valence-electron chi connectivity index (χ3n) is 4.89. The van der Waals surface area contributed by atoms with Crippen molar-refractivity contribution >= 4 is 23.8 Å². The highest BCUT2D eigenvalue weighted by Crippen LogP contribution is 2.44. The maximum atomic E-state index is 12.8. The second kappa shape index (κ2) is 7.49. The largest absolute Gasteiger partial charge is 0.495 e. The molecule has 0 fully saturated rings. The Kier molecular flexibility index (Phi) is 5.26. The van der Waals surface area contributed by atoms with E-state index < -0.39 is 42.3 Å². The molecule has 2 atom stereocenters. The fraction of sp³-hybridized carbons (Fsp3) is 0.474. The van der Waals surface area contributed by atoms with Crippen molar-refractivity contribution < 1.29 is 38.1 Å². The number of benzene rings is 1. The van der Waals surface area contributed by atoms with E-state index in [-0.39, 0.29) is 23.5 Å². The van der Waals surface area contributed by atoms with Crippen LogP contribution in [0.1, 0.15) is 40.1 Å². The highest BCUT2D eigenvalue weighted by molar-refractivity contribution is 6.24. The number of amides is 2. The van der Waals surface area contributed by atoms with Crippen LogP contribution in [0.4, 0.5) is 0 Å². The van der Waals surface area contributed by atoms with Gasteiger partial charge in [-0.05, 0) is 19.9 Å². The Morgan fingerprint density at radius 2 is 2.00 bits per heavy atom. The maximum Gasteiger partial charge on any atom is 0.326 e. The molecule has 9 nitrogen and oxygen atoms in total. The fourth-order valence-electron chi connectivity index (χ4n) is 3.45. The van der Waals surface area contributed by atoms with Crippen molar-refractivity contribution in [3.05, 3.63) is 22.8 Å². The minimum atomic E-state index is -0.674. The lowest BCUT2D eigenvalue weighted by molar-refractivity contribution is -0.147. The van der Waals surface area contributed by atoms with Crippen LogP contribution in [0.3, 0.4) is 0 Å². The summed E-state index contributed by atoms with van der Waals surface area (Å²) in [7, 11) is 2.68. The Morgan fingerprint density at radius 1 is 1.29 bits per heavy atom. The molecule has 9 heteroatoms. The molecule has 2 amide bonds. The predicted molar refractivity (Wildman–Crippen MR) is 94.3 cm³/mol. The molecule has 0 saturated carbocycles. The molecule has 0 aliphatic carbocycles. The average Bonchev–Trinajstić information content (AvgIpc) is 3.20. The van der Waals surface area contributed by atoms with Gasteiger partial charge in [-0.3, -0.25) is 24.1 Å².